The summed E-state index contributed by atoms with van der Waals surface area (Å²) in [6.07, 6.45) is 5.41. The topological polar surface area (TPSA) is 358 Å². The van der Waals surface area contributed by atoms with Gasteiger partial charge in [0.05, 0.1) is 111 Å². The van der Waals surface area contributed by atoms with Crippen LogP contribution in [-0.2, 0) is 30.2 Å². The first-order chi connectivity index (χ1) is 24.7. The Morgan fingerprint density at radius 1 is 0.698 bits per heavy atom. The second kappa shape index (κ2) is 20.1. The van der Waals surface area contributed by atoms with Crippen LogP contribution in [0.4, 0.5) is 11.9 Å². The molecule has 6 rings (SSSR count). The van der Waals surface area contributed by atoms with Gasteiger partial charge in [0.2, 0.25) is 0 Å². The fourth-order valence-electron chi connectivity index (χ4n) is 5.31. The van der Waals surface area contributed by atoms with Crippen LogP contribution in [0.3, 0.4) is 0 Å². The third-order valence-electron chi connectivity index (χ3n) is 7.70. The monoisotopic (exact) mass is 793 g/mol. The largest absolute Gasteiger partial charge is 2.00 e. The first kappa shape index (κ1) is 43.1. The third kappa shape index (κ3) is 11.5. The molecule has 0 amide bonds. The van der Waals surface area contributed by atoms with Crippen LogP contribution < -0.4 is 50.0 Å². The molecule has 4 aromatic rings. The maximum atomic E-state index is 12.2. The number of nitrogens with two attached hydrogens (primary N) is 2. The molecule has 0 saturated carbocycles. The summed E-state index contributed by atoms with van der Waals surface area (Å²) in [4.78, 5) is 60.2. The Morgan fingerprint density at radius 3 is 1.26 bits per heavy atom. The van der Waals surface area contributed by atoms with E-state index in [1.54, 1.807) is 9.13 Å². The van der Waals surface area contributed by atoms with Gasteiger partial charge < -0.3 is 81.1 Å². The van der Waals surface area contributed by atoms with Crippen molar-refractivity contribution in [3.8, 4) is 11.5 Å². The van der Waals surface area contributed by atoms with Gasteiger partial charge in [-0.3, -0.25) is 0 Å². The third-order valence-corrected chi connectivity index (χ3v) is 7.70. The summed E-state index contributed by atoms with van der Waals surface area (Å²) in [7, 11) is 0. The molecule has 0 bridgehead atoms. The van der Waals surface area contributed by atoms with Crippen LogP contribution in [0.1, 0.15) is 34.6 Å². The van der Waals surface area contributed by atoms with Gasteiger partial charge in [-0.2, -0.15) is 9.97 Å². The van der Waals surface area contributed by atoms with Crippen molar-refractivity contribution in [3.63, 3.8) is 0 Å². The molecule has 2 aliphatic heterocycles. The van der Waals surface area contributed by atoms with Gasteiger partial charge in [-0.15, -0.1) is 0 Å². The Morgan fingerprint density at radius 2 is 1.00 bits per heavy atom. The number of fused-ring (bicyclic) bond motifs is 2. The number of carboxylic acids is 2. The zero-order chi connectivity index (χ0) is 38.5. The van der Waals surface area contributed by atoms with E-state index in [4.69, 9.17) is 30.6 Å². The van der Waals surface area contributed by atoms with Crippen molar-refractivity contribution in [2.75, 3.05) is 62.2 Å². The molecule has 0 unspecified atom stereocenters. The number of aromatic carboxylic acids is 2. The predicted molar refractivity (Wildman–Crippen MR) is 167 cm³/mol. The van der Waals surface area contributed by atoms with Crippen molar-refractivity contribution in [3.05, 3.63) is 66.6 Å². The van der Waals surface area contributed by atoms with E-state index in [9.17, 15) is 30.0 Å². The molecular formula is C28H34CuN12O12. The van der Waals surface area contributed by atoms with Gasteiger partial charge in [0, 0.05) is 23.5 Å². The summed E-state index contributed by atoms with van der Waals surface area (Å²) < 4.78 is 3.28. The average Bonchev–Trinajstić information content (AvgIpc) is 3.12. The van der Waals surface area contributed by atoms with Crippen molar-refractivity contribution >= 4 is 45.9 Å². The molecule has 289 valence electrons. The van der Waals surface area contributed by atoms with Crippen LogP contribution in [0, 0.1) is 30.6 Å². The molecule has 4 N–H and O–H groups in total. The minimum absolute atomic E-state index is 0. The second-order valence-electron chi connectivity index (χ2n) is 10.9. The number of aromatic nitrogens is 6. The summed E-state index contributed by atoms with van der Waals surface area (Å²) in [6, 6.07) is 0. The van der Waals surface area contributed by atoms with Crippen molar-refractivity contribution in [2.45, 2.75) is 26.9 Å². The Kier molecular flexibility index (Phi) is 16.4. The van der Waals surface area contributed by atoms with E-state index in [1.165, 1.54) is 24.8 Å². The van der Waals surface area contributed by atoms with Crippen LogP contribution in [0.25, 0.3) is 22.1 Å². The number of aryl methyl sites for hydroxylation is 2. The zero-order valence-corrected chi connectivity index (χ0v) is 29.1. The number of hydrogen-bond acceptors (Lipinski definition) is 18. The Balaban J connectivity index is 0.000000301. The molecule has 0 aromatic carbocycles. The van der Waals surface area contributed by atoms with Gasteiger partial charge in [0.25, 0.3) is 0 Å². The minimum Gasteiger partial charge on any atom is -0.871 e. The molecule has 0 atom stereocenters. The molecule has 53 heavy (non-hydrogen) atoms. The first-order valence-electron chi connectivity index (χ1n) is 15.7. The molecule has 0 spiro atoms. The smallest absolute Gasteiger partial charge is 0.871 e. The van der Waals surface area contributed by atoms with E-state index in [-0.39, 0.29) is 39.0 Å². The van der Waals surface area contributed by atoms with E-state index in [1.807, 2.05) is 13.8 Å². The maximum absolute atomic E-state index is 12.2. The summed E-state index contributed by atoms with van der Waals surface area (Å²) in [5, 5.41) is 80.9. The van der Waals surface area contributed by atoms with E-state index >= 15 is 0 Å². The molecule has 4 aromatic heterocycles. The van der Waals surface area contributed by atoms with E-state index < -0.39 is 33.6 Å². The van der Waals surface area contributed by atoms with Crippen LogP contribution >= 0.6 is 0 Å². The van der Waals surface area contributed by atoms with Gasteiger partial charge in [0.15, 0.2) is 0 Å². The number of anilines is 2. The van der Waals surface area contributed by atoms with Crippen molar-refractivity contribution < 1.29 is 77.0 Å². The van der Waals surface area contributed by atoms with Gasteiger partial charge in [-0.1, -0.05) is 11.5 Å². The van der Waals surface area contributed by atoms with E-state index in [0.717, 1.165) is 52.4 Å². The molecule has 0 aliphatic carbocycles. The van der Waals surface area contributed by atoms with Crippen molar-refractivity contribution in [1.29, 1.82) is 0 Å². The van der Waals surface area contributed by atoms with Crippen molar-refractivity contribution in [2.24, 2.45) is 0 Å². The SMILES string of the molecule is CC[n+]1cc(C(=O)[O-])c([O-])c2cnc(N3CC[NH2+]CC3)nc21.CC[n+]1cc(C(=O)[O-])c([O-])c2cnc(N3CC[NH2+]CC3)nc21.O=[N+]([O-])[O-].O=[N+]([O-])[O-].[Cu+2]. The van der Waals surface area contributed by atoms with Gasteiger partial charge >= 0.3 is 40.3 Å². The Labute approximate surface area is 309 Å². The van der Waals surface area contributed by atoms with E-state index in [0.29, 0.717) is 36.3 Å². The first-order valence-corrected chi connectivity index (χ1v) is 15.7. The van der Waals surface area contributed by atoms with E-state index in [2.05, 4.69) is 40.4 Å². The zero-order valence-electron chi connectivity index (χ0n) is 28.2. The normalized spacial score (nSPS) is 13.5. The quantitative estimate of drug-likeness (QED) is 0.0792. The average molecular weight is 794 g/mol. The fourth-order valence-corrected chi connectivity index (χ4v) is 5.31. The van der Waals surface area contributed by atoms with Gasteiger partial charge in [-0.25, -0.2) is 9.13 Å². The molecule has 1 radical (unpaired) electrons. The molecule has 24 nitrogen and oxygen atoms in total. The molecule has 2 saturated heterocycles. The summed E-state index contributed by atoms with van der Waals surface area (Å²) in [5.41, 5.74) is 0.186. The number of carbonyl (C=O) groups excluding carboxylic acids is 2. The molecular weight excluding hydrogens is 760 g/mol. The van der Waals surface area contributed by atoms with Crippen LogP contribution in [-0.4, -0.2) is 94.4 Å². The fraction of sp³-hybridized carbons (Fsp3) is 0.429. The van der Waals surface area contributed by atoms with Crippen LogP contribution in [0.15, 0.2) is 24.8 Å². The van der Waals surface area contributed by atoms with Gasteiger partial charge in [0.1, 0.15) is 0 Å². The molecule has 25 heteroatoms. The maximum Gasteiger partial charge on any atom is 2.00 e. The Hall–Kier alpha value is -6.04. The number of piperazine rings is 2. The summed E-state index contributed by atoms with van der Waals surface area (Å²) >= 11 is 0. The number of rotatable bonds is 6. The summed E-state index contributed by atoms with van der Waals surface area (Å²) in [6.45, 7) is 12.0. The molecule has 2 fully saturated rings. The molecule has 6 heterocycles. The number of quaternary nitrogens is 2. The predicted octanol–water partition coefficient (Wildman–Crippen LogP) is -6.97. The number of hydrogen-bond donors (Lipinski definition) is 2. The van der Waals surface area contributed by atoms with Gasteiger partial charge in [-0.05, 0) is 23.8 Å². The molecule has 2 aliphatic rings. The number of pyridine rings is 2. The minimum atomic E-state index is -1.75. The summed E-state index contributed by atoms with van der Waals surface area (Å²) in [5.74, 6) is -3.02. The number of carboxylic acid groups (broad SMARTS) is 2. The Bertz CT molecular complexity index is 1780. The number of carbonyl (C=O) groups is 2. The van der Waals surface area contributed by atoms with Crippen molar-refractivity contribution in [1.82, 2.24) is 19.9 Å². The second-order valence-corrected chi connectivity index (χ2v) is 10.9. The standard InChI is InChI=1S/2C14H17N5O3.Cu.2NO3/c2*1-2-18-8-10(13(21)22)11(20)9-7-16-14(17-12(9)18)19-5-3-15-4-6-19;;2*2-1(3)4/h2*7-8,15H,2-6H2,1H3,(H,21,22);;;/q;;+2;2*-1. The van der Waals surface area contributed by atoms with Crippen LogP contribution in [0.5, 0.6) is 11.5 Å². The number of nitrogens with zero attached hydrogens (tertiary/aromatic N) is 10. The van der Waals surface area contributed by atoms with Crippen LogP contribution in [0.2, 0.25) is 0 Å².